The standard InChI is InChI=1S/C17H19NO4/c1-17(2,22)10-9-12-5-7-13(8-6-12)15(19)18-11-3-4-14(18)16(20)21/h5-8,14,22H,3-4,11H2,1-2H3,(H,20,21). The molecule has 1 aliphatic heterocycles. The van der Waals surface area contributed by atoms with Crippen LogP contribution in [0.5, 0.6) is 0 Å². The minimum atomic E-state index is -1.07. The first-order chi connectivity index (χ1) is 10.3. The van der Waals surface area contributed by atoms with E-state index in [4.69, 9.17) is 5.11 Å². The normalized spacial score (nSPS) is 17.8. The molecule has 1 aromatic carbocycles. The van der Waals surface area contributed by atoms with Crippen molar-refractivity contribution in [2.24, 2.45) is 0 Å². The van der Waals surface area contributed by atoms with Crippen LogP contribution in [-0.2, 0) is 4.79 Å². The van der Waals surface area contributed by atoms with Crippen LogP contribution in [0.2, 0.25) is 0 Å². The highest BCUT2D eigenvalue weighted by Crippen LogP contribution is 2.20. The summed E-state index contributed by atoms with van der Waals surface area (Å²) >= 11 is 0. The number of carboxylic acids is 1. The van der Waals surface area contributed by atoms with E-state index in [-0.39, 0.29) is 5.91 Å². The Morgan fingerprint density at radius 2 is 1.91 bits per heavy atom. The number of amides is 1. The van der Waals surface area contributed by atoms with Gasteiger partial charge >= 0.3 is 5.97 Å². The molecule has 1 amide bonds. The molecule has 0 radical (unpaired) electrons. The third kappa shape index (κ3) is 3.86. The van der Waals surface area contributed by atoms with E-state index in [1.165, 1.54) is 4.90 Å². The van der Waals surface area contributed by atoms with Crippen LogP contribution < -0.4 is 0 Å². The SMILES string of the molecule is CC(C)(O)C#Cc1ccc(C(=O)N2CCCC2C(=O)O)cc1. The number of rotatable bonds is 2. The van der Waals surface area contributed by atoms with Gasteiger partial charge in [0.15, 0.2) is 0 Å². The highest BCUT2D eigenvalue weighted by Gasteiger charge is 2.34. The summed E-state index contributed by atoms with van der Waals surface area (Å²) in [7, 11) is 0. The van der Waals surface area contributed by atoms with Crippen molar-refractivity contribution in [2.45, 2.75) is 38.3 Å². The van der Waals surface area contributed by atoms with Crippen LogP contribution in [0.15, 0.2) is 24.3 Å². The summed E-state index contributed by atoms with van der Waals surface area (Å²) in [5, 5.41) is 18.7. The van der Waals surface area contributed by atoms with Crippen molar-refractivity contribution in [3.05, 3.63) is 35.4 Å². The Morgan fingerprint density at radius 1 is 1.27 bits per heavy atom. The van der Waals surface area contributed by atoms with Crippen LogP contribution in [0.1, 0.15) is 42.6 Å². The largest absolute Gasteiger partial charge is 0.480 e. The van der Waals surface area contributed by atoms with Crippen molar-refractivity contribution in [3.63, 3.8) is 0 Å². The fourth-order valence-corrected chi connectivity index (χ4v) is 2.35. The molecular formula is C17H19NO4. The lowest BCUT2D eigenvalue weighted by molar-refractivity contribution is -0.141. The van der Waals surface area contributed by atoms with Gasteiger partial charge in [0.2, 0.25) is 0 Å². The summed E-state index contributed by atoms with van der Waals surface area (Å²) in [5.74, 6) is 4.29. The Balaban J connectivity index is 2.14. The molecule has 2 N–H and O–H groups in total. The number of nitrogens with zero attached hydrogens (tertiary/aromatic N) is 1. The van der Waals surface area contributed by atoms with Crippen molar-refractivity contribution >= 4 is 11.9 Å². The molecule has 1 heterocycles. The average molecular weight is 301 g/mol. The van der Waals surface area contributed by atoms with E-state index in [0.29, 0.717) is 30.5 Å². The van der Waals surface area contributed by atoms with Crippen molar-refractivity contribution < 1.29 is 19.8 Å². The quantitative estimate of drug-likeness (QED) is 0.812. The van der Waals surface area contributed by atoms with E-state index >= 15 is 0 Å². The molecule has 1 atom stereocenters. The molecule has 5 heteroatoms. The van der Waals surface area contributed by atoms with E-state index in [0.717, 1.165) is 0 Å². The number of hydrogen-bond acceptors (Lipinski definition) is 3. The van der Waals surface area contributed by atoms with Gasteiger partial charge in [-0.25, -0.2) is 4.79 Å². The van der Waals surface area contributed by atoms with Gasteiger partial charge in [-0.05, 0) is 51.0 Å². The molecule has 22 heavy (non-hydrogen) atoms. The maximum absolute atomic E-state index is 12.4. The molecule has 1 unspecified atom stereocenters. The van der Waals surface area contributed by atoms with E-state index in [1.54, 1.807) is 38.1 Å². The number of hydrogen-bond donors (Lipinski definition) is 2. The van der Waals surface area contributed by atoms with Crippen LogP contribution in [0.3, 0.4) is 0 Å². The summed E-state index contributed by atoms with van der Waals surface area (Å²) in [6.45, 7) is 3.66. The second-order valence-corrected chi connectivity index (χ2v) is 5.88. The summed E-state index contributed by atoms with van der Waals surface area (Å²) in [4.78, 5) is 24.9. The average Bonchev–Trinajstić information content (AvgIpc) is 2.94. The lowest BCUT2D eigenvalue weighted by atomic mass is 10.1. The zero-order valence-electron chi connectivity index (χ0n) is 12.7. The fourth-order valence-electron chi connectivity index (χ4n) is 2.35. The summed E-state index contributed by atoms with van der Waals surface area (Å²) in [6, 6.07) is 5.92. The molecular weight excluding hydrogens is 282 g/mol. The second-order valence-electron chi connectivity index (χ2n) is 5.88. The van der Waals surface area contributed by atoms with E-state index < -0.39 is 17.6 Å². The Labute approximate surface area is 129 Å². The number of aliphatic carboxylic acids is 1. The van der Waals surface area contributed by atoms with Crippen molar-refractivity contribution in [1.29, 1.82) is 0 Å². The molecule has 2 rings (SSSR count). The summed E-state index contributed by atoms with van der Waals surface area (Å²) in [5.41, 5.74) is 0.0653. The van der Waals surface area contributed by atoms with Gasteiger partial charge in [0.05, 0.1) is 0 Å². The van der Waals surface area contributed by atoms with Crippen LogP contribution in [-0.4, -0.2) is 45.2 Å². The fraction of sp³-hybridized carbons (Fsp3) is 0.412. The van der Waals surface area contributed by atoms with Crippen LogP contribution in [0, 0.1) is 11.8 Å². The Kier molecular flexibility index (Phi) is 4.53. The monoisotopic (exact) mass is 301 g/mol. The third-order valence-electron chi connectivity index (χ3n) is 3.44. The molecule has 1 aliphatic rings. The molecule has 1 fully saturated rings. The van der Waals surface area contributed by atoms with Gasteiger partial charge < -0.3 is 15.1 Å². The first-order valence-electron chi connectivity index (χ1n) is 7.17. The zero-order chi connectivity index (χ0) is 16.3. The lowest BCUT2D eigenvalue weighted by Gasteiger charge is -2.21. The summed E-state index contributed by atoms with van der Waals surface area (Å²) < 4.78 is 0. The summed E-state index contributed by atoms with van der Waals surface area (Å²) in [6.07, 6.45) is 1.20. The minimum Gasteiger partial charge on any atom is -0.480 e. The van der Waals surface area contributed by atoms with Gasteiger partial charge in [-0.3, -0.25) is 4.79 Å². The first-order valence-corrected chi connectivity index (χ1v) is 7.17. The van der Waals surface area contributed by atoms with E-state index in [9.17, 15) is 14.7 Å². The topological polar surface area (TPSA) is 77.8 Å². The lowest BCUT2D eigenvalue weighted by Crippen LogP contribution is -2.40. The van der Waals surface area contributed by atoms with E-state index in [1.807, 2.05) is 0 Å². The first kappa shape index (κ1) is 16.1. The smallest absolute Gasteiger partial charge is 0.326 e. The maximum Gasteiger partial charge on any atom is 0.326 e. The van der Waals surface area contributed by atoms with Crippen LogP contribution in [0.25, 0.3) is 0 Å². The Hall–Kier alpha value is -2.32. The van der Waals surface area contributed by atoms with Crippen molar-refractivity contribution in [3.8, 4) is 11.8 Å². The third-order valence-corrected chi connectivity index (χ3v) is 3.44. The minimum absolute atomic E-state index is 0.271. The number of carbonyl (C=O) groups excluding carboxylic acids is 1. The molecule has 0 spiro atoms. The number of carbonyl (C=O) groups is 2. The Morgan fingerprint density at radius 3 is 2.45 bits per heavy atom. The highest BCUT2D eigenvalue weighted by atomic mass is 16.4. The zero-order valence-corrected chi connectivity index (χ0v) is 12.7. The second kappa shape index (κ2) is 6.20. The number of benzene rings is 1. The molecule has 116 valence electrons. The van der Waals surface area contributed by atoms with Crippen LogP contribution in [0.4, 0.5) is 0 Å². The van der Waals surface area contributed by atoms with Gasteiger partial charge in [0.25, 0.3) is 5.91 Å². The van der Waals surface area contributed by atoms with Gasteiger partial charge in [-0.2, -0.15) is 0 Å². The van der Waals surface area contributed by atoms with Gasteiger partial charge in [0.1, 0.15) is 11.6 Å². The molecule has 0 aliphatic carbocycles. The molecule has 0 aromatic heterocycles. The van der Waals surface area contributed by atoms with Crippen molar-refractivity contribution in [2.75, 3.05) is 6.54 Å². The van der Waals surface area contributed by atoms with Gasteiger partial charge in [-0.1, -0.05) is 11.8 Å². The molecule has 1 aromatic rings. The predicted molar refractivity (Wildman–Crippen MR) is 81.3 cm³/mol. The highest BCUT2D eigenvalue weighted by molar-refractivity contribution is 5.97. The van der Waals surface area contributed by atoms with Crippen LogP contribution >= 0.6 is 0 Å². The molecule has 5 nitrogen and oxygen atoms in total. The predicted octanol–water partition coefficient (Wildman–Crippen LogP) is 1.50. The number of likely N-dealkylation sites (tertiary alicyclic amines) is 1. The molecule has 1 saturated heterocycles. The van der Waals surface area contributed by atoms with Gasteiger partial charge in [-0.15, -0.1) is 0 Å². The molecule has 0 saturated carbocycles. The maximum atomic E-state index is 12.4. The Bertz CT molecular complexity index is 631. The molecule has 0 bridgehead atoms. The van der Waals surface area contributed by atoms with Gasteiger partial charge in [0, 0.05) is 17.7 Å². The number of aliphatic hydroxyl groups is 1. The van der Waals surface area contributed by atoms with E-state index in [2.05, 4.69) is 11.8 Å². The number of carboxylic acid groups (broad SMARTS) is 1. The van der Waals surface area contributed by atoms with Crippen molar-refractivity contribution in [1.82, 2.24) is 4.90 Å².